The fourth-order valence-electron chi connectivity index (χ4n) is 1.48. The number of aromatic nitrogens is 3. The van der Waals surface area contributed by atoms with Crippen molar-refractivity contribution in [2.24, 2.45) is 13.0 Å². The van der Waals surface area contributed by atoms with E-state index in [-0.39, 0.29) is 0 Å². The first-order chi connectivity index (χ1) is 7.15. The summed E-state index contributed by atoms with van der Waals surface area (Å²) < 4.78 is 1.80. The van der Waals surface area contributed by atoms with Crippen LogP contribution in [0.1, 0.15) is 19.5 Å². The Labute approximate surface area is 93.8 Å². The molecule has 0 aliphatic heterocycles. The molecule has 0 spiro atoms. The summed E-state index contributed by atoms with van der Waals surface area (Å²) in [6.07, 6.45) is 4.91. The molecule has 0 saturated heterocycles. The standard InChI is InChI=1S/C11H15N3S/c1-8(2)4-10-7-15-11(13-10)9-5-12-14(3)6-9/h5-8H,4H2,1-3H3. The van der Waals surface area contributed by atoms with Gasteiger partial charge in [-0.15, -0.1) is 11.3 Å². The predicted octanol–water partition coefficient (Wildman–Crippen LogP) is 2.74. The van der Waals surface area contributed by atoms with Gasteiger partial charge in [0, 0.05) is 24.2 Å². The van der Waals surface area contributed by atoms with Gasteiger partial charge in [-0.2, -0.15) is 5.10 Å². The number of aryl methyl sites for hydroxylation is 1. The van der Waals surface area contributed by atoms with E-state index < -0.39 is 0 Å². The Morgan fingerprint density at radius 1 is 1.47 bits per heavy atom. The minimum Gasteiger partial charge on any atom is -0.275 e. The minimum absolute atomic E-state index is 0.661. The zero-order chi connectivity index (χ0) is 10.8. The molecule has 0 N–H and O–H groups in total. The Kier molecular flexibility index (Phi) is 2.86. The van der Waals surface area contributed by atoms with Crippen LogP contribution in [0.2, 0.25) is 0 Å². The van der Waals surface area contributed by atoms with E-state index >= 15 is 0 Å². The van der Waals surface area contributed by atoms with Crippen molar-refractivity contribution in [1.29, 1.82) is 0 Å². The Hall–Kier alpha value is -1.16. The summed E-state index contributed by atoms with van der Waals surface area (Å²) in [5.41, 5.74) is 2.30. The average molecular weight is 221 g/mol. The number of nitrogens with zero attached hydrogens (tertiary/aromatic N) is 3. The maximum absolute atomic E-state index is 4.60. The summed E-state index contributed by atoms with van der Waals surface area (Å²) in [7, 11) is 1.92. The Balaban J connectivity index is 2.20. The molecule has 0 saturated carbocycles. The fourth-order valence-corrected chi connectivity index (χ4v) is 2.29. The molecule has 2 rings (SSSR count). The Morgan fingerprint density at radius 2 is 2.27 bits per heavy atom. The molecule has 0 unspecified atom stereocenters. The minimum atomic E-state index is 0.661. The van der Waals surface area contributed by atoms with E-state index in [2.05, 4.69) is 29.3 Å². The molecule has 0 radical (unpaired) electrons. The van der Waals surface area contributed by atoms with Crippen molar-refractivity contribution in [3.05, 3.63) is 23.5 Å². The maximum Gasteiger partial charge on any atom is 0.126 e. The van der Waals surface area contributed by atoms with Crippen LogP contribution in [0.15, 0.2) is 17.8 Å². The van der Waals surface area contributed by atoms with Crippen LogP contribution in [0, 0.1) is 5.92 Å². The van der Waals surface area contributed by atoms with Crippen LogP contribution in [0.4, 0.5) is 0 Å². The van der Waals surface area contributed by atoms with Gasteiger partial charge in [-0.05, 0) is 12.3 Å². The second kappa shape index (κ2) is 4.14. The molecule has 4 heteroatoms. The summed E-state index contributed by atoms with van der Waals surface area (Å²) in [6.45, 7) is 4.42. The largest absolute Gasteiger partial charge is 0.275 e. The van der Waals surface area contributed by atoms with Crippen molar-refractivity contribution in [2.45, 2.75) is 20.3 Å². The third-order valence-corrected chi connectivity index (χ3v) is 3.06. The molecule has 0 aliphatic rings. The molecule has 0 amide bonds. The number of rotatable bonds is 3. The van der Waals surface area contributed by atoms with E-state index in [1.165, 1.54) is 5.69 Å². The van der Waals surface area contributed by atoms with E-state index in [9.17, 15) is 0 Å². The van der Waals surface area contributed by atoms with Gasteiger partial charge in [0.15, 0.2) is 0 Å². The highest BCUT2D eigenvalue weighted by molar-refractivity contribution is 7.13. The van der Waals surface area contributed by atoms with Crippen LogP contribution in [0.25, 0.3) is 10.6 Å². The molecule has 0 bridgehead atoms. The molecule has 2 aromatic heterocycles. The third-order valence-electron chi connectivity index (χ3n) is 2.12. The quantitative estimate of drug-likeness (QED) is 0.798. The van der Waals surface area contributed by atoms with Crippen LogP contribution in [-0.4, -0.2) is 14.8 Å². The second-order valence-electron chi connectivity index (χ2n) is 4.14. The lowest BCUT2D eigenvalue weighted by molar-refractivity contribution is 0.638. The van der Waals surface area contributed by atoms with E-state index in [1.807, 2.05) is 19.4 Å². The molecule has 2 heterocycles. The summed E-state index contributed by atoms with van der Waals surface area (Å²) in [5, 5.41) is 7.36. The highest BCUT2D eigenvalue weighted by Crippen LogP contribution is 2.23. The fraction of sp³-hybridized carbons (Fsp3) is 0.455. The van der Waals surface area contributed by atoms with E-state index in [4.69, 9.17) is 0 Å². The van der Waals surface area contributed by atoms with Crippen molar-refractivity contribution in [3.63, 3.8) is 0 Å². The van der Waals surface area contributed by atoms with E-state index in [0.717, 1.165) is 17.0 Å². The molecule has 3 nitrogen and oxygen atoms in total. The van der Waals surface area contributed by atoms with Crippen LogP contribution in [-0.2, 0) is 13.5 Å². The van der Waals surface area contributed by atoms with Gasteiger partial charge >= 0.3 is 0 Å². The molecule has 0 aromatic carbocycles. The molecule has 0 fully saturated rings. The van der Waals surface area contributed by atoms with Gasteiger partial charge < -0.3 is 0 Å². The highest BCUT2D eigenvalue weighted by atomic mass is 32.1. The number of hydrogen-bond donors (Lipinski definition) is 0. The van der Waals surface area contributed by atoms with Gasteiger partial charge in [0.05, 0.1) is 11.9 Å². The van der Waals surface area contributed by atoms with Crippen molar-refractivity contribution >= 4 is 11.3 Å². The van der Waals surface area contributed by atoms with Gasteiger partial charge in [0.1, 0.15) is 5.01 Å². The van der Waals surface area contributed by atoms with Gasteiger partial charge in [0.25, 0.3) is 0 Å². The molecule has 80 valence electrons. The van der Waals surface area contributed by atoms with Crippen LogP contribution < -0.4 is 0 Å². The van der Waals surface area contributed by atoms with E-state index in [1.54, 1.807) is 16.0 Å². The molecular weight excluding hydrogens is 206 g/mol. The van der Waals surface area contributed by atoms with Gasteiger partial charge in [-0.1, -0.05) is 13.8 Å². The summed E-state index contributed by atoms with van der Waals surface area (Å²) >= 11 is 1.69. The first-order valence-electron chi connectivity index (χ1n) is 5.08. The summed E-state index contributed by atoms with van der Waals surface area (Å²) in [6, 6.07) is 0. The lowest BCUT2D eigenvalue weighted by Crippen LogP contribution is -1.93. The first-order valence-corrected chi connectivity index (χ1v) is 5.96. The molecule has 0 atom stereocenters. The topological polar surface area (TPSA) is 30.7 Å². The number of thiazole rings is 1. The Bertz CT molecular complexity index is 442. The second-order valence-corrected chi connectivity index (χ2v) is 5.00. The lowest BCUT2D eigenvalue weighted by atomic mass is 10.1. The number of hydrogen-bond acceptors (Lipinski definition) is 3. The van der Waals surface area contributed by atoms with E-state index in [0.29, 0.717) is 5.92 Å². The summed E-state index contributed by atoms with van der Waals surface area (Å²) in [4.78, 5) is 4.60. The lowest BCUT2D eigenvalue weighted by Gasteiger charge is -1.98. The summed E-state index contributed by atoms with van der Waals surface area (Å²) in [5.74, 6) is 0.661. The monoisotopic (exact) mass is 221 g/mol. The predicted molar refractivity (Wildman–Crippen MR) is 62.9 cm³/mol. The highest BCUT2D eigenvalue weighted by Gasteiger charge is 2.07. The van der Waals surface area contributed by atoms with Crippen LogP contribution in [0.3, 0.4) is 0 Å². The molecule has 2 aromatic rings. The zero-order valence-corrected chi connectivity index (χ0v) is 10.1. The van der Waals surface area contributed by atoms with Crippen molar-refractivity contribution < 1.29 is 0 Å². The smallest absolute Gasteiger partial charge is 0.126 e. The zero-order valence-electron chi connectivity index (χ0n) is 9.27. The van der Waals surface area contributed by atoms with Gasteiger partial charge in [-0.25, -0.2) is 4.98 Å². The normalized spacial score (nSPS) is 11.2. The SMILES string of the molecule is CC(C)Cc1csc(-c2cnn(C)c2)n1. The molecule has 0 aliphatic carbocycles. The first kappa shape index (κ1) is 10.4. The van der Waals surface area contributed by atoms with Crippen LogP contribution >= 0.6 is 11.3 Å². The van der Waals surface area contributed by atoms with Crippen molar-refractivity contribution in [2.75, 3.05) is 0 Å². The molecule has 15 heavy (non-hydrogen) atoms. The Morgan fingerprint density at radius 3 is 2.87 bits per heavy atom. The van der Waals surface area contributed by atoms with Crippen LogP contribution in [0.5, 0.6) is 0 Å². The van der Waals surface area contributed by atoms with Crippen molar-refractivity contribution in [1.82, 2.24) is 14.8 Å². The van der Waals surface area contributed by atoms with Crippen molar-refractivity contribution in [3.8, 4) is 10.6 Å². The third kappa shape index (κ3) is 2.45. The molecular formula is C11H15N3S. The van der Waals surface area contributed by atoms with Gasteiger partial charge in [0.2, 0.25) is 0 Å². The maximum atomic E-state index is 4.60. The van der Waals surface area contributed by atoms with Gasteiger partial charge in [-0.3, -0.25) is 4.68 Å². The average Bonchev–Trinajstić information content (AvgIpc) is 2.72.